The van der Waals surface area contributed by atoms with E-state index in [9.17, 15) is 9.90 Å². The first-order valence-corrected chi connectivity index (χ1v) is 7.24. The topological polar surface area (TPSA) is 52.6 Å². The fraction of sp³-hybridized carbons (Fsp3) is 0.800. The van der Waals surface area contributed by atoms with Crippen LogP contribution in [0.3, 0.4) is 0 Å². The third-order valence-corrected chi connectivity index (χ3v) is 4.17. The van der Waals surface area contributed by atoms with Crippen LogP contribution in [0.15, 0.2) is 0 Å². The van der Waals surface area contributed by atoms with Gasteiger partial charge in [0.25, 0.3) is 0 Å². The average molecular weight is 266 g/mol. The Hall–Kier alpha value is -1.05. The van der Waals surface area contributed by atoms with Crippen LogP contribution in [-0.4, -0.2) is 47.2 Å². The van der Waals surface area contributed by atoms with Crippen LogP contribution < -0.4 is 5.32 Å². The minimum absolute atomic E-state index is 0.0398. The smallest absolute Gasteiger partial charge is 0.235 e. The summed E-state index contributed by atoms with van der Waals surface area (Å²) in [4.78, 5) is 14.2. The predicted octanol–water partition coefficient (Wildman–Crippen LogP) is 1.14. The number of hydrogen-bond donors (Lipinski definition) is 2. The van der Waals surface area contributed by atoms with Gasteiger partial charge in [-0.25, -0.2) is 0 Å². The Morgan fingerprint density at radius 1 is 1.47 bits per heavy atom. The number of carbonyl (C=O) groups excluding carboxylic acids is 1. The lowest BCUT2D eigenvalue weighted by atomic mass is 9.94. The average Bonchev–Trinajstić information content (AvgIpc) is 2.45. The molecule has 0 radical (unpaired) electrons. The molecule has 1 aliphatic rings. The van der Waals surface area contributed by atoms with E-state index in [1.807, 2.05) is 13.8 Å². The molecular weight excluding hydrogens is 240 g/mol. The van der Waals surface area contributed by atoms with Crippen LogP contribution in [0, 0.1) is 12.3 Å². The predicted molar refractivity (Wildman–Crippen MR) is 76.6 cm³/mol. The van der Waals surface area contributed by atoms with Gasteiger partial charge in [0.05, 0.1) is 13.2 Å². The van der Waals surface area contributed by atoms with Crippen LogP contribution in [0.4, 0.5) is 0 Å². The van der Waals surface area contributed by atoms with Crippen LogP contribution >= 0.6 is 0 Å². The first-order valence-electron chi connectivity index (χ1n) is 7.24. The molecule has 0 aromatic heterocycles. The summed E-state index contributed by atoms with van der Waals surface area (Å²) < 4.78 is 0. The minimum Gasteiger partial charge on any atom is -0.395 e. The number of amides is 1. The second kappa shape index (κ2) is 7.52. The first-order chi connectivity index (χ1) is 9.10. The quantitative estimate of drug-likeness (QED) is 0.709. The van der Waals surface area contributed by atoms with E-state index in [1.54, 1.807) is 0 Å². The van der Waals surface area contributed by atoms with Gasteiger partial charge in [-0.15, -0.1) is 6.42 Å². The Kier molecular flexibility index (Phi) is 6.33. The van der Waals surface area contributed by atoms with Crippen molar-refractivity contribution in [2.45, 2.75) is 57.5 Å². The summed E-state index contributed by atoms with van der Waals surface area (Å²) in [5.41, 5.74) is -0.526. The van der Waals surface area contributed by atoms with Gasteiger partial charge in [-0.2, -0.15) is 0 Å². The number of rotatable bonds is 6. The van der Waals surface area contributed by atoms with Crippen molar-refractivity contribution in [1.82, 2.24) is 10.2 Å². The maximum Gasteiger partial charge on any atom is 0.235 e. The van der Waals surface area contributed by atoms with Crippen molar-refractivity contribution < 1.29 is 9.90 Å². The van der Waals surface area contributed by atoms with Gasteiger partial charge >= 0.3 is 0 Å². The molecule has 108 valence electrons. The van der Waals surface area contributed by atoms with Crippen molar-refractivity contribution in [2.75, 3.05) is 19.7 Å². The third kappa shape index (κ3) is 4.22. The number of likely N-dealkylation sites (tertiary alicyclic amines) is 1. The lowest BCUT2D eigenvalue weighted by Crippen LogP contribution is -2.52. The summed E-state index contributed by atoms with van der Waals surface area (Å²) in [7, 11) is 0. The van der Waals surface area contributed by atoms with Crippen LogP contribution in [-0.2, 0) is 4.79 Å². The van der Waals surface area contributed by atoms with Crippen molar-refractivity contribution in [1.29, 1.82) is 0 Å². The summed E-state index contributed by atoms with van der Waals surface area (Å²) in [6, 6.07) is 0.114. The first kappa shape index (κ1) is 16.0. The van der Waals surface area contributed by atoms with Gasteiger partial charge in [0.2, 0.25) is 5.91 Å². The highest BCUT2D eigenvalue weighted by atomic mass is 16.3. The van der Waals surface area contributed by atoms with E-state index in [2.05, 4.69) is 16.1 Å². The number of nitrogens with one attached hydrogen (secondary N) is 1. The number of terminal acetylenes is 1. The zero-order valence-corrected chi connectivity index (χ0v) is 12.1. The van der Waals surface area contributed by atoms with Crippen LogP contribution in [0.1, 0.15) is 46.0 Å². The molecule has 2 N–H and O–H groups in total. The van der Waals surface area contributed by atoms with Gasteiger partial charge in [-0.3, -0.25) is 9.69 Å². The summed E-state index contributed by atoms with van der Waals surface area (Å²) in [5, 5.41) is 12.3. The van der Waals surface area contributed by atoms with E-state index in [0.29, 0.717) is 6.54 Å². The van der Waals surface area contributed by atoms with Gasteiger partial charge in [-0.1, -0.05) is 26.2 Å². The molecule has 1 aliphatic heterocycles. The van der Waals surface area contributed by atoms with E-state index in [-0.39, 0.29) is 18.6 Å². The molecule has 1 unspecified atom stereocenters. The van der Waals surface area contributed by atoms with Crippen molar-refractivity contribution >= 4 is 5.91 Å². The summed E-state index contributed by atoms with van der Waals surface area (Å²) in [6.45, 7) is 5.30. The van der Waals surface area contributed by atoms with Gasteiger partial charge in [0.1, 0.15) is 5.54 Å². The van der Waals surface area contributed by atoms with Gasteiger partial charge in [-0.05, 0) is 32.2 Å². The minimum atomic E-state index is -0.526. The molecular formula is C15H26N2O2. The molecule has 1 fully saturated rings. The van der Waals surface area contributed by atoms with Crippen molar-refractivity contribution in [2.24, 2.45) is 0 Å². The Bertz CT molecular complexity index is 332. The van der Waals surface area contributed by atoms with Crippen molar-refractivity contribution in [3.63, 3.8) is 0 Å². The molecule has 1 heterocycles. The molecule has 4 nitrogen and oxygen atoms in total. The molecule has 0 aliphatic carbocycles. The zero-order chi connectivity index (χ0) is 14.3. The van der Waals surface area contributed by atoms with Crippen LogP contribution in [0.5, 0.6) is 0 Å². The highest BCUT2D eigenvalue weighted by Gasteiger charge is 2.28. The molecule has 1 amide bonds. The normalized spacial score (nSPS) is 20.8. The standard InChI is InChI=1S/C15H26N2O2/c1-4-15(5-2,6-3)16-14(19)11-17-10-8-7-9-13(17)12-18/h1,13,18H,5-12H2,2-3H3,(H,16,19). The molecule has 0 aromatic carbocycles. The summed E-state index contributed by atoms with van der Waals surface area (Å²) in [5.74, 6) is 2.67. The number of aliphatic hydroxyl groups is 1. The maximum atomic E-state index is 12.1. The largest absolute Gasteiger partial charge is 0.395 e. The Morgan fingerprint density at radius 2 is 2.16 bits per heavy atom. The van der Waals surface area contributed by atoms with E-state index in [1.165, 1.54) is 0 Å². The van der Waals surface area contributed by atoms with Gasteiger partial charge in [0, 0.05) is 6.04 Å². The third-order valence-electron chi connectivity index (χ3n) is 4.17. The fourth-order valence-corrected chi connectivity index (χ4v) is 2.63. The molecule has 0 saturated carbocycles. The molecule has 0 bridgehead atoms. The molecule has 1 rings (SSSR count). The Morgan fingerprint density at radius 3 is 2.68 bits per heavy atom. The lowest BCUT2D eigenvalue weighted by molar-refractivity contribution is -0.124. The number of piperidine rings is 1. The highest BCUT2D eigenvalue weighted by molar-refractivity contribution is 5.79. The Balaban J connectivity index is 2.56. The van der Waals surface area contributed by atoms with Gasteiger partial charge < -0.3 is 10.4 Å². The maximum absolute atomic E-state index is 12.1. The molecule has 1 atom stereocenters. The SMILES string of the molecule is C#CC(CC)(CC)NC(=O)CN1CCCCC1CO. The lowest BCUT2D eigenvalue weighted by Gasteiger charge is -2.35. The second-order valence-electron chi connectivity index (χ2n) is 5.28. The van der Waals surface area contributed by atoms with Crippen LogP contribution in [0.25, 0.3) is 0 Å². The number of hydrogen-bond acceptors (Lipinski definition) is 3. The second-order valence-corrected chi connectivity index (χ2v) is 5.28. The highest BCUT2D eigenvalue weighted by Crippen LogP contribution is 2.17. The van der Waals surface area contributed by atoms with Crippen molar-refractivity contribution in [3.8, 4) is 12.3 Å². The summed E-state index contributed by atoms with van der Waals surface area (Å²) in [6.07, 6.45) is 10.2. The van der Waals surface area contributed by atoms with E-state index >= 15 is 0 Å². The molecule has 1 saturated heterocycles. The molecule has 0 spiro atoms. The molecule has 19 heavy (non-hydrogen) atoms. The van der Waals surface area contributed by atoms with E-state index in [4.69, 9.17) is 6.42 Å². The molecule has 4 heteroatoms. The van der Waals surface area contributed by atoms with Crippen LogP contribution in [0.2, 0.25) is 0 Å². The number of nitrogens with zero attached hydrogens (tertiary/aromatic N) is 1. The molecule has 0 aromatic rings. The number of carbonyl (C=O) groups is 1. The summed E-state index contributed by atoms with van der Waals surface area (Å²) >= 11 is 0. The van der Waals surface area contributed by atoms with Crippen molar-refractivity contribution in [3.05, 3.63) is 0 Å². The Labute approximate surface area is 116 Å². The van der Waals surface area contributed by atoms with E-state index in [0.717, 1.165) is 38.6 Å². The zero-order valence-electron chi connectivity index (χ0n) is 12.1. The monoisotopic (exact) mass is 266 g/mol. The fourth-order valence-electron chi connectivity index (χ4n) is 2.63. The number of aliphatic hydroxyl groups excluding tert-OH is 1. The van der Waals surface area contributed by atoms with E-state index < -0.39 is 5.54 Å². The van der Waals surface area contributed by atoms with Gasteiger partial charge in [0.15, 0.2) is 0 Å².